The van der Waals surface area contributed by atoms with Gasteiger partial charge in [-0.25, -0.2) is 4.76 Å². The van der Waals surface area contributed by atoms with Crippen LogP contribution in [-0.2, 0) is 22.3 Å². The minimum absolute atomic E-state index is 0.677. The fourth-order valence-corrected chi connectivity index (χ4v) is 9.39. The van der Waals surface area contributed by atoms with Gasteiger partial charge in [0.2, 0.25) is 0 Å². The normalized spacial score (nSPS) is 25.7. The van der Waals surface area contributed by atoms with E-state index in [0.29, 0.717) is 13.2 Å². The lowest BCUT2D eigenvalue weighted by Crippen LogP contribution is -2.44. The highest BCUT2D eigenvalue weighted by Gasteiger charge is 2.39. The molecule has 0 aliphatic carbocycles. The molecule has 0 N–H and O–H groups in total. The number of piperidine rings is 1. The fraction of sp³-hybridized carbons (Fsp3) is 0.474. The molecule has 0 saturated carbocycles. The molecular formula is C19H23N4OPS2. The maximum absolute atomic E-state index is 9.91. The lowest BCUT2D eigenvalue weighted by molar-refractivity contribution is 0.0682. The van der Waals surface area contributed by atoms with Crippen LogP contribution in [0.3, 0.4) is 0 Å². The molecule has 1 aromatic carbocycles. The van der Waals surface area contributed by atoms with Crippen molar-refractivity contribution in [2.45, 2.75) is 25.0 Å². The highest BCUT2D eigenvalue weighted by Crippen LogP contribution is 2.68. The van der Waals surface area contributed by atoms with E-state index in [1.165, 1.54) is 5.56 Å². The van der Waals surface area contributed by atoms with E-state index in [-0.39, 0.29) is 0 Å². The van der Waals surface area contributed by atoms with Crippen LogP contribution in [0.25, 0.3) is 0 Å². The number of benzene rings is 1. The summed E-state index contributed by atoms with van der Waals surface area (Å²) in [4.78, 5) is 2.20. The molecular weight excluding hydrogens is 395 g/mol. The first-order valence-corrected chi connectivity index (χ1v) is 13.6. The minimum Gasteiger partial charge on any atom is -0.378 e. The Morgan fingerprint density at radius 1 is 1.19 bits per heavy atom. The van der Waals surface area contributed by atoms with Crippen molar-refractivity contribution in [3.8, 4) is 6.07 Å². The summed E-state index contributed by atoms with van der Waals surface area (Å²) in [6, 6.07) is 12.9. The van der Waals surface area contributed by atoms with Crippen LogP contribution in [0.5, 0.6) is 0 Å². The molecule has 8 heteroatoms. The standard InChI is InChI=1S/C19H23N4OPS2/c20-14-17-18-8-4-5-9-23(18)25(26,27-15-16-6-2-1-3-7-16)21-19(17)22-10-12-24-13-11-22/h1-3,6-7H,4-5,8-13,15H2/t25-/m1/s1. The van der Waals surface area contributed by atoms with Crippen molar-refractivity contribution >= 4 is 34.6 Å². The largest absolute Gasteiger partial charge is 0.378 e. The van der Waals surface area contributed by atoms with Gasteiger partial charge in [0.05, 0.1) is 13.2 Å². The summed E-state index contributed by atoms with van der Waals surface area (Å²) in [5, 5.41) is 9.91. The van der Waals surface area contributed by atoms with Crippen LogP contribution in [0.15, 0.2) is 46.4 Å². The van der Waals surface area contributed by atoms with Crippen molar-refractivity contribution in [3.05, 3.63) is 47.2 Å². The van der Waals surface area contributed by atoms with E-state index in [9.17, 15) is 5.26 Å². The number of allylic oxidation sites excluding steroid dienone is 1. The second-order valence-corrected chi connectivity index (χ2v) is 13.5. The van der Waals surface area contributed by atoms with Gasteiger partial charge in [-0.2, -0.15) is 5.26 Å². The molecule has 0 amide bonds. The Hall–Kier alpha value is -1.32. The van der Waals surface area contributed by atoms with Crippen molar-refractivity contribution in [1.29, 1.82) is 5.26 Å². The van der Waals surface area contributed by atoms with Crippen LogP contribution in [0.1, 0.15) is 24.8 Å². The van der Waals surface area contributed by atoms with Gasteiger partial charge in [0, 0.05) is 31.1 Å². The molecule has 3 aliphatic rings. The predicted octanol–water partition coefficient (Wildman–Crippen LogP) is 4.15. The number of hydrogen-bond donors (Lipinski definition) is 0. The second-order valence-electron chi connectivity index (χ2n) is 6.79. The van der Waals surface area contributed by atoms with Gasteiger partial charge < -0.3 is 14.3 Å². The van der Waals surface area contributed by atoms with Gasteiger partial charge in [-0.15, -0.1) is 0 Å². The average Bonchev–Trinajstić information content (AvgIpc) is 2.74. The highest BCUT2D eigenvalue weighted by molar-refractivity contribution is 8.69. The van der Waals surface area contributed by atoms with E-state index in [4.69, 9.17) is 21.3 Å². The zero-order chi connectivity index (χ0) is 18.7. The number of fused-ring (bicyclic) bond motifs is 1. The number of ether oxygens (including phenoxy) is 1. The Labute approximate surface area is 169 Å². The van der Waals surface area contributed by atoms with Crippen molar-refractivity contribution in [3.63, 3.8) is 0 Å². The van der Waals surface area contributed by atoms with Gasteiger partial charge in [0.25, 0.3) is 0 Å². The van der Waals surface area contributed by atoms with Crippen molar-refractivity contribution in [2.24, 2.45) is 4.76 Å². The molecule has 2 fully saturated rings. The third-order valence-corrected chi connectivity index (χ3v) is 11.4. The van der Waals surface area contributed by atoms with E-state index in [1.807, 2.05) is 6.07 Å². The van der Waals surface area contributed by atoms with Crippen LogP contribution in [-0.4, -0.2) is 48.3 Å². The Morgan fingerprint density at radius 2 is 1.96 bits per heavy atom. The van der Waals surface area contributed by atoms with Crippen LogP contribution in [0.2, 0.25) is 0 Å². The quantitative estimate of drug-likeness (QED) is 0.688. The summed E-state index contributed by atoms with van der Waals surface area (Å²) in [7, 11) is 0. The van der Waals surface area contributed by atoms with Crippen molar-refractivity contribution in [2.75, 3.05) is 32.8 Å². The summed E-state index contributed by atoms with van der Waals surface area (Å²) in [6.45, 7) is 3.82. The second kappa shape index (κ2) is 8.36. The molecule has 27 heavy (non-hydrogen) atoms. The number of nitriles is 1. The number of nitrogens with zero attached hydrogens (tertiary/aromatic N) is 4. The molecule has 0 radical (unpaired) electrons. The maximum atomic E-state index is 9.91. The topological polar surface area (TPSA) is 51.9 Å². The molecule has 1 aromatic rings. The fourth-order valence-electron chi connectivity index (χ4n) is 3.65. The van der Waals surface area contributed by atoms with Gasteiger partial charge in [-0.05, 0) is 36.6 Å². The molecule has 0 aromatic heterocycles. The molecule has 3 heterocycles. The van der Waals surface area contributed by atoms with Crippen molar-refractivity contribution < 1.29 is 4.74 Å². The van der Waals surface area contributed by atoms with E-state index in [1.54, 1.807) is 11.4 Å². The maximum Gasteiger partial charge on any atom is 0.200 e. The minimum atomic E-state index is -2.20. The van der Waals surface area contributed by atoms with E-state index in [0.717, 1.165) is 61.8 Å². The molecule has 0 spiro atoms. The summed E-state index contributed by atoms with van der Waals surface area (Å²) in [5.74, 6) is 1.67. The predicted molar refractivity (Wildman–Crippen MR) is 115 cm³/mol. The van der Waals surface area contributed by atoms with Crippen LogP contribution < -0.4 is 0 Å². The summed E-state index contributed by atoms with van der Waals surface area (Å²) in [5.41, 5.74) is 0.926. The lowest BCUT2D eigenvalue weighted by Gasteiger charge is -2.43. The first-order valence-electron chi connectivity index (χ1n) is 9.34. The van der Waals surface area contributed by atoms with E-state index < -0.39 is 5.54 Å². The molecule has 142 valence electrons. The van der Waals surface area contributed by atoms with Gasteiger partial charge in [0.15, 0.2) is 11.4 Å². The smallest absolute Gasteiger partial charge is 0.200 e. The van der Waals surface area contributed by atoms with Gasteiger partial charge in [-0.1, -0.05) is 41.7 Å². The van der Waals surface area contributed by atoms with Crippen molar-refractivity contribution in [1.82, 2.24) is 9.57 Å². The highest BCUT2D eigenvalue weighted by atomic mass is 32.9. The number of morpholine rings is 1. The zero-order valence-corrected chi connectivity index (χ0v) is 17.7. The van der Waals surface area contributed by atoms with Gasteiger partial charge in [-0.3, -0.25) is 0 Å². The molecule has 1 atom stereocenters. The third-order valence-electron chi connectivity index (χ3n) is 5.05. The van der Waals surface area contributed by atoms with Gasteiger partial charge in [0.1, 0.15) is 11.6 Å². The Balaban J connectivity index is 1.68. The van der Waals surface area contributed by atoms with E-state index in [2.05, 4.69) is 39.9 Å². The molecule has 5 nitrogen and oxygen atoms in total. The first-order chi connectivity index (χ1) is 13.2. The lowest BCUT2D eigenvalue weighted by atomic mass is 10.0. The number of hydrogen-bond acceptors (Lipinski definition) is 5. The van der Waals surface area contributed by atoms with Crippen LogP contribution in [0.4, 0.5) is 0 Å². The molecule has 2 saturated heterocycles. The van der Waals surface area contributed by atoms with Crippen LogP contribution in [0, 0.1) is 11.3 Å². The first kappa shape index (κ1) is 19.0. The molecule has 0 bridgehead atoms. The molecule has 3 aliphatic heterocycles. The third kappa shape index (κ3) is 3.95. The van der Waals surface area contributed by atoms with Crippen LogP contribution >= 0.6 is 16.9 Å². The Bertz CT molecular complexity index is 843. The van der Waals surface area contributed by atoms with Gasteiger partial charge >= 0.3 is 0 Å². The zero-order valence-electron chi connectivity index (χ0n) is 15.2. The SMILES string of the molecule is N#CC1=C2CCCCN2[P@](=S)(SCc2ccccc2)N=C1N1CCOCC1. The number of amidine groups is 1. The monoisotopic (exact) mass is 418 g/mol. The molecule has 0 unspecified atom stereocenters. The van der Waals surface area contributed by atoms with E-state index >= 15 is 0 Å². The summed E-state index contributed by atoms with van der Waals surface area (Å²) in [6.07, 6.45) is 3.16. The Kier molecular flexibility index (Phi) is 5.89. The summed E-state index contributed by atoms with van der Waals surface area (Å²) >= 11 is 7.99. The molecule has 4 rings (SSSR count). The average molecular weight is 419 g/mol. The Morgan fingerprint density at radius 3 is 2.70 bits per heavy atom. The number of rotatable bonds is 3. The summed E-state index contributed by atoms with van der Waals surface area (Å²) < 4.78 is 12.9.